The predicted octanol–water partition coefficient (Wildman–Crippen LogP) is 2.79. The first kappa shape index (κ1) is 13.6. The van der Waals surface area contributed by atoms with Crippen molar-refractivity contribution in [3.05, 3.63) is 0 Å². The summed E-state index contributed by atoms with van der Waals surface area (Å²) < 4.78 is 0. The molecular weight excluding hydrogens is 176 g/mol. The van der Waals surface area contributed by atoms with Gasteiger partial charge < -0.3 is 5.11 Å². The molecule has 0 radical (unpaired) electrons. The zero-order valence-electron chi connectivity index (χ0n) is 10.3. The summed E-state index contributed by atoms with van der Waals surface area (Å²) in [4.78, 5) is 11.6. The van der Waals surface area contributed by atoms with Crippen molar-refractivity contribution in [3.8, 4) is 0 Å². The molecule has 0 fully saturated rings. The number of carbonyl (C=O) groups is 1. The van der Waals surface area contributed by atoms with E-state index in [-0.39, 0.29) is 16.6 Å². The van der Waals surface area contributed by atoms with Gasteiger partial charge in [0.25, 0.3) is 0 Å². The monoisotopic (exact) mass is 200 g/mol. The van der Waals surface area contributed by atoms with Crippen molar-refractivity contribution >= 4 is 5.78 Å². The van der Waals surface area contributed by atoms with E-state index in [4.69, 9.17) is 0 Å². The lowest BCUT2D eigenvalue weighted by molar-refractivity contribution is -0.130. The second-order valence-corrected chi connectivity index (χ2v) is 6.48. The summed E-state index contributed by atoms with van der Waals surface area (Å²) >= 11 is 0. The molecule has 0 rings (SSSR count). The normalized spacial score (nSPS) is 15.4. The van der Waals surface area contributed by atoms with E-state index in [1.807, 2.05) is 41.5 Å². The SMILES string of the molecule is CC(C)(C)CC(=O)C(O)CC(C)(C)C. The Morgan fingerprint density at radius 2 is 1.50 bits per heavy atom. The van der Waals surface area contributed by atoms with Crippen LogP contribution in [-0.2, 0) is 4.79 Å². The molecule has 0 aliphatic carbocycles. The van der Waals surface area contributed by atoms with Crippen LogP contribution in [0.5, 0.6) is 0 Å². The van der Waals surface area contributed by atoms with E-state index in [1.165, 1.54) is 0 Å². The molecule has 0 amide bonds. The van der Waals surface area contributed by atoms with E-state index < -0.39 is 6.10 Å². The first-order chi connectivity index (χ1) is 6.01. The van der Waals surface area contributed by atoms with E-state index in [0.717, 1.165) is 0 Å². The molecule has 2 nitrogen and oxygen atoms in total. The average Bonchev–Trinajstić information content (AvgIpc) is 1.78. The molecular formula is C12H24O2. The zero-order valence-corrected chi connectivity index (χ0v) is 10.3. The maximum Gasteiger partial charge on any atom is 0.161 e. The van der Waals surface area contributed by atoms with Crippen LogP contribution in [0.1, 0.15) is 54.4 Å². The molecule has 0 aromatic heterocycles. The van der Waals surface area contributed by atoms with Crippen LogP contribution in [0.25, 0.3) is 0 Å². The lowest BCUT2D eigenvalue weighted by atomic mass is 9.83. The lowest BCUT2D eigenvalue weighted by Crippen LogP contribution is -2.29. The number of ketones is 1. The first-order valence-electron chi connectivity index (χ1n) is 5.22. The molecule has 1 unspecified atom stereocenters. The molecule has 0 heterocycles. The van der Waals surface area contributed by atoms with Gasteiger partial charge in [-0.3, -0.25) is 4.79 Å². The van der Waals surface area contributed by atoms with E-state index in [9.17, 15) is 9.90 Å². The van der Waals surface area contributed by atoms with E-state index in [2.05, 4.69) is 0 Å². The van der Waals surface area contributed by atoms with Crippen LogP contribution < -0.4 is 0 Å². The lowest BCUT2D eigenvalue weighted by Gasteiger charge is -2.24. The van der Waals surface area contributed by atoms with Crippen LogP contribution in [0.3, 0.4) is 0 Å². The van der Waals surface area contributed by atoms with Crippen molar-refractivity contribution in [3.63, 3.8) is 0 Å². The number of aliphatic hydroxyl groups is 1. The Hall–Kier alpha value is -0.370. The highest BCUT2D eigenvalue weighted by Gasteiger charge is 2.25. The molecule has 84 valence electrons. The van der Waals surface area contributed by atoms with Gasteiger partial charge in [0, 0.05) is 6.42 Å². The third-order valence-corrected chi connectivity index (χ3v) is 1.88. The van der Waals surface area contributed by atoms with Crippen molar-refractivity contribution in [2.24, 2.45) is 10.8 Å². The number of hydrogen-bond acceptors (Lipinski definition) is 2. The Morgan fingerprint density at radius 1 is 1.07 bits per heavy atom. The summed E-state index contributed by atoms with van der Waals surface area (Å²) in [7, 11) is 0. The topological polar surface area (TPSA) is 37.3 Å². The maximum atomic E-state index is 11.6. The molecule has 0 bridgehead atoms. The Bertz CT molecular complexity index is 193. The largest absolute Gasteiger partial charge is 0.385 e. The Balaban J connectivity index is 4.15. The Kier molecular flexibility index (Phi) is 4.32. The van der Waals surface area contributed by atoms with Crippen LogP contribution in [0.4, 0.5) is 0 Å². The average molecular weight is 200 g/mol. The molecule has 1 N–H and O–H groups in total. The van der Waals surface area contributed by atoms with Crippen molar-refractivity contribution in [2.45, 2.75) is 60.5 Å². The fourth-order valence-electron chi connectivity index (χ4n) is 1.33. The van der Waals surface area contributed by atoms with Crippen molar-refractivity contribution in [1.82, 2.24) is 0 Å². The summed E-state index contributed by atoms with van der Waals surface area (Å²) in [5, 5.41) is 9.67. The van der Waals surface area contributed by atoms with Gasteiger partial charge in [-0.15, -0.1) is 0 Å². The third kappa shape index (κ3) is 7.07. The van der Waals surface area contributed by atoms with Gasteiger partial charge in [0.2, 0.25) is 0 Å². The van der Waals surface area contributed by atoms with Crippen LogP contribution in [-0.4, -0.2) is 17.0 Å². The van der Waals surface area contributed by atoms with Gasteiger partial charge in [-0.2, -0.15) is 0 Å². The minimum Gasteiger partial charge on any atom is -0.385 e. The first-order valence-corrected chi connectivity index (χ1v) is 5.22. The fraction of sp³-hybridized carbons (Fsp3) is 0.917. The van der Waals surface area contributed by atoms with Crippen LogP contribution in [0.15, 0.2) is 0 Å². The van der Waals surface area contributed by atoms with Crippen molar-refractivity contribution < 1.29 is 9.90 Å². The van der Waals surface area contributed by atoms with Crippen LogP contribution in [0, 0.1) is 10.8 Å². The van der Waals surface area contributed by atoms with Gasteiger partial charge in [-0.05, 0) is 17.3 Å². The number of rotatable bonds is 3. The van der Waals surface area contributed by atoms with Gasteiger partial charge in [0.1, 0.15) is 6.10 Å². The van der Waals surface area contributed by atoms with Gasteiger partial charge in [-0.1, -0.05) is 41.5 Å². The minimum absolute atomic E-state index is 0.00691. The molecule has 0 saturated carbocycles. The second kappa shape index (κ2) is 4.43. The number of carbonyl (C=O) groups excluding carboxylic acids is 1. The molecule has 14 heavy (non-hydrogen) atoms. The van der Waals surface area contributed by atoms with E-state index in [0.29, 0.717) is 12.8 Å². The van der Waals surface area contributed by atoms with E-state index in [1.54, 1.807) is 0 Å². The second-order valence-electron chi connectivity index (χ2n) is 6.48. The molecule has 2 heteroatoms. The molecule has 0 aromatic carbocycles. The van der Waals surface area contributed by atoms with Crippen LogP contribution >= 0.6 is 0 Å². The van der Waals surface area contributed by atoms with E-state index >= 15 is 0 Å². The molecule has 1 atom stereocenters. The quantitative estimate of drug-likeness (QED) is 0.760. The zero-order chi connectivity index (χ0) is 11.6. The molecule has 0 aliphatic rings. The highest BCUT2D eigenvalue weighted by Crippen LogP contribution is 2.25. The molecule has 0 saturated heterocycles. The summed E-state index contributed by atoms with van der Waals surface area (Å²) in [5.41, 5.74) is -0.0249. The number of Topliss-reactive ketones (excluding diaryl/α,β-unsaturated/α-hetero) is 1. The van der Waals surface area contributed by atoms with Gasteiger partial charge in [-0.25, -0.2) is 0 Å². The predicted molar refractivity (Wildman–Crippen MR) is 59.2 cm³/mol. The molecule has 0 aromatic rings. The highest BCUT2D eigenvalue weighted by atomic mass is 16.3. The van der Waals surface area contributed by atoms with Crippen molar-refractivity contribution in [1.29, 1.82) is 0 Å². The smallest absolute Gasteiger partial charge is 0.161 e. The van der Waals surface area contributed by atoms with Gasteiger partial charge in [0.05, 0.1) is 0 Å². The summed E-state index contributed by atoms with van der Waals surface area (Å²) in [6.07, 6.45) is 0.195. The Morgan fingerprint density at radius 3 is 1.79 bits per heavy atom. The Labute approximate surface area is 87.7 Å². The molecule has 0 aliphatic heterocycles. The fourth-order valence-corrected chi connectivity index (χ4v) is 1.33. The summed E-state index contributed by atoms with van der Waals surface area (Å²) in [6.45, 7) is 12.1. The summed E-state index contributed by atoms with van der Waals surface area (Å²) in [6, 6.07) is 0. The van der Waals surface area contributed by atoms with Crippen LogP contribution in [0.2, 0.25) is 0 Å². The van der Waals surface area contributed by atoms with Gasteiger partial charge >= 0.3 is 0 Å². The maximum absolute atomic E-state index is 11.6. The highest BCUT2D eigenvalue weighted by molar-refractivity contribution is 5.83. The summed E-state index contributed by atoms with van der Waals surface area (Å²) in [5.74, 6) is -0.0348. The van der Waals surface area contributed by atoms with Crippen molar-refractivity contribution in [2.75, 3.05) is 0 Å². The third-order valence-electron chi connectivity index (χ3n) is 1.88. The number of aliphatic hydroxyl groups excluding tert-OH is 1. The molecule has 0 spiro atoms. The standard InChI is InChI=1S/C12H24O2/c1-11(2,3)7-9(13)10(14)8-12(4,5)6/h9,13H,7-8H2,1-6H3. The number of hydrogen-bond donors (Lipinski definition) is 1. The minimum atomic E-state index is -0.797. The van der Waals surface area contributed by atoms with Gasteiger partial charge in [0.15, 0.2) is 5.78 Å².